The van der Waals surface area contributed by atoms with Gasteiger partial charge in [0.2, 0.25) is 0 Å². The van der Waals surface area contributed by atoms with Crippen molar-refractivity contribution in [1.29, 1.82) is 0 Å². The molecule has 0 aromatic rings. The van der Waals surface area contributed by atoms with Crippen LogP contribution >= 0.6 is 0 Å². The van der Waals surface area contributed by atoms with Gasteiger partial charge >= 0.3 is 17.9 Å². The summed E-state index contributed by atoms with van der Waals surface area (Å²) in [6.07, 6.45) is 77.5. The first kappa shape index (κ1) is 71.6. The predicted octanol–water partition coefficient (Wildman–Crippen LogP) is 22.4. The molecule has 0 N–H and O–H groups in total. The van der Waals surface area contributed by atoms with Gasteiger partial charge in [0.1, 0.15) is 13.2 Å². The number of esters is 3. The summed E-state index contributed by atoms with van der Waals surface area (Å²) in [5.74, 6) is -0.847. The molecule has 0 aromatic heterocycles. The van der Waals surface area contributed by atoms with Gasteiger partial charge in [0.05, 0.1) is 0 Å². The van der Waals surface area contributed by atoms with E-state index in [1.165, 1.54) is 250 Å². The number of hydrogen-bond donors (Lipinski definition) is 0. The Morgan fingerprint density at radius 3 is 0.757 bits per heavy atom. The molecule has 0 saturated heterocycles. The van der Waals surface area contributed by atoms with Crippen LogP contribution in [0.5, 0.6) is 0 Å². The van der Waals surface area contributed by atoms with Crippen LogP contribution in [-0.2, 0) is 28.6 Å². The quantitative estimate of drug-likeness (QED) is 0.0261. The van der Waals surface area contributed by atoms with Gasteiger partial charge in [0, 0.05) is 19.3 Å². The zero-order valence-corrected chi connectivity index (χ0v) is 49.9. The normalized spacial score (nSPS) is 12.2. The van der Waals surface area contributed by atoms with E-state index in [4.69, 9.17) is 14.2 Å². The number of carbonyl (C=O) groups excluding carboxylic acids is 3. The highest BCUT2D eigenvalue weighted by Gasteiger charge is 2.19. The molecule has 434 valence electrons. The van der Waals surface area contributed by atoms with Gasteiger partial charge in [-0.1, -0.05) is 320 Å². The van der Waals surface area contributed by atoms with E-state index < -0.39 is 6.10 Å². The Balaban J connectivity index is 4.08. The molecule has 0 bridgehead atoms. The van der Waals surface area contributed by atoms with E-state index in [0.29, 0.717) is 19.3 Å². The number of unbranched alkanes of at least 4 members (excludes halogenated alkanes) is 44. The van der Waals surface area contributed by atoms with Gasteiger partial charge < -0.3 is 14.2 Å². The molecule has 0 aliphatic carbocycles. The van der Waals surface area contributed by atoms with Crippen LogP contribution in [-0.4, -0.2) is 37.2 Å². The first-order valence-electron chi connectivity index (χ1n) is 33.0. The fourth-order valence-corrected chi connectivity index (χ4v) is 9.92. The van der Waals surface area contributed by atoms with Gasteiger partial charge in [-0.2, -0.15) is 0 Å². The molecular weight excluding hydrogens is 913 g/mol. The molecule has 0 aliphatic rings. The van der Waals surface area contributed by atoms with Gasteiger partial charge in [0.25, 0.3) is 0 Å². The summed E-state index contributed by atoms with van der Waals surface area (Å²) in [6, 6.07) is 0. The third-order valence-corrected chi connectivity index (χ3v) is 14.9. The third-order valence-electron chi connectivity index (χ3n) is 14.9. The average Bonchev–Trinajstić information content (AvgIpc) is 3.40. The van der Waals surface area contributed by atoms with Crippen molar-refractivity contribution in [2.75, 3.05) is 13.2 Å². The van der Waals surface area contributed by atoms with Gasteiger partial charge in [-0.05, 0) is 57.8 Å². The molecule has 6 heteroatoms. The molecule has 6 nitrogen and oxygen atoms in total. The SMILES string of the molecule is CCCCCCC/C=C\C/C=C\C/C=C\CCCCCCCCCCCCCCCCC(=O)OCC(COC(=O)CCCCCCCCCC)OC(=O)CCCCCCCCCCCCCCCCCCCCC. The monoisotopic (exact) mass is 1040 g/mol. The molecule has 0 spiro atoms. The lowest BCUT2D eigenvalue weighted by molar-refractivity contribution is -0.167. The van der Waals surface area contributed by atoms with E-state index in [0.717, 1.165) is 70.6 Å². The molecule has 1 atom stereocenters. The van der Waals surface area contributed by atoms with Crippen LogP contribution < -0.4 is 0 Å². The van der Waals surface area contributed by atoms with Crippen molar-refractivity contribution in [3.8, 4) is 0 Å². The van der Waals surface area contributed by atoms with Gasteiger partial charge in [-0.15, -0.1) is 0 Å². The van der Waals surface area contributed by atoms with Gasteiger partial charge in [-0.3, -0.25) is 14.4 Å². The van der Waals surface area contributed by atoms with Crippen molar-refractivity contribution in [3.63, 3.8) is 0 Å². The van der Waals surface area contributed by atoms with Crippen molar-refractivity contribution in [2.24, 2.45) is 0 Å². The van der Waals surface area contributed by atoms with Crippen molar-refractivity contribution < 1.29 is 28.6 Å². The lowest BCUT2D eigenvalue weighted by Gasteiger charge is -2.18. The average molecular weight is 1040 g/mol. The molecule has 0 aliphatic heterocycles. The van der Waals surface area contributed by atoms with E-state index in [1.807, 2.05) is 0 Å². The number of rotatable bonds is 61. The molecule has 74 heavy (non-hydrogen) atoms. The number of allylic oxidation sites excluding steroid dienone is 6. The summed E-state index contributed by atoms with van der Waals surface area (Å²) in [4.78, 5) is 38.1. The second-order valence-corrected chi connectivity index (χ2v) is 22.4. The highest BCUT2D eigenvalue weighted by Crippen LogP contribution is 2.18. The molecule has 0 saturated carbocycles. The van der Waals surface area contributed by atoms with Crippen LogP contribution in [0.3, 0.4) is 0 Å². The zero-order valence-electron chi connectivity index (χ0n) is 49.9. The summed E-state index contributed by atoms with van der Waals surface area (Å²) in [5.41, 5.74) is 0. The largest absolute Gasteiger partial charge is 0.462 e. The fourth-order valence-electron chi connectivity index (χ4n) is 9.92. The van der Waals surface area contributed by atoms with Crippen molar-refractivity contribution in [1.82, 2.24) is 0 Å². The minimum absolute atomic E-state index is 0.0666. The van der Waals surface area contributed by atoms with Crippen LogP contribution in [0.1, 0.15) is 361 Å². The number of hydrogen-bond acceptors (Lipinski definition) is 6. The van der Waals surface area contributed by atoms with Crippen LogP contribution in [0.2, 0.25) is 0 Å². The molecule has 0 rings (SSSR count). The molecule has 0 amide bonds. The molecule has 1 unspecified atom stereocenters. The smallest absolute Gasteiger partial charge is 0.306 e. The standard InChI is InChI=1S/C68H126O6/c1-4-7-10-13-16-19-21-23-25-27-29-30-31-32-33-34-35-36-37-38-40-41-43-45-47-49-52-55-58-61-67(70)73-64-65(63-72-66(69)60-57-54-51-18-15-12-9-6-3)74-68(71)62-59-56-53-50-48-46-44-42-39-28-26-24-22-20-17-14-11-8-5-2/h21,23,27,29,31-32,65H,4-20,22,24-26,28,30,33-64H2,1-3H3/b23-21-,29-27-,32-31-. The molecule has 0 heterocycles. The minimum Gasteiger partial charge on any atom is -0.462 e. The molecular formula is C68H126O6. The van der Waals surface area contributed by atoms with Crippen LogP contribution in [0, 0.1) is 0 Å². The van der Waals surface area contributed by atoms with Crippen LogP contribution in [0.4, 0.5) is 0 Å². The minimum atomic E-state index is -0.766. The maximum atomic E-state index is 12.9. The number of carbonyl (C=O) groups is 3. The second kappa shape index (κ2) is 63.2. The summed E-state index contributed by atoms with van der Waals surface area (Å²) < 4.78 is 16.9. The summed E-state index contributed by atoms with van der Waals surface area (Å²) >= 11 is 0. The Bertz CT molecular complexity index is 1240. The molecule has 0 radical (unpaired) electrons. The van der Waals surface area contributed by atoms with E-state index in [9.17, 15) is 14.4 Å². The number of ether oxygens (including phenoxy) is 3. The van der Waals surface area contributed by atoms with E-state index in [2.05, 4.69) is 57.2 Å². The van der Waals surface area contributed by atoms with E-state index >= 15 is 0 Å². The first-order valence-corrected chi connectivity index (χ1v) is 33.0. The Labute approximate surface area is 461 Å². The predicted molar refractivity (Wildman–Crippen MR) is 321 cm³/mol. The first-order chi connectivity index (χ1) is 36.5. The lowest BCUT2D eigenvalue weighted by Crippen LogP contribution is -2.30. The second-order valence-electron chi connectivity index (χ2n) is 22.4. The fraction of sp³-hybridized carbons (Fsp3) is 0.868. The summed E-state index contributed by atoms with van der Waals surface area (Å²) in [6.45, 7) is 6.66. The van der Waals surface area contributed by atoms with Gasteiger partial charge in [-0.25, -0.2) is 0 Å². The highest BCUT2D eigenvalue weighted by molar-refractivity contribution is 5.71. The highest BCUT2D eigenvalue weighted by atomic mass is 16.6. The van der Waals surface area contributed by atoms with Crippen LogP contribution in [0.25, 0.3) is 0 Å². The van der Waals surface area contributed by atoms with Crippen LogP contribution in [0.15, 0.2) is 36.5 Å². The van der Waals surface area contributed by atoms with Crippen molar-refractivity contribution >= 4 is 17.9 Å². The van der Waals surface area contributed by atoms with Crippen molar-refractivity contribution in [2.45, 2.75) is 367 Å². The van der Waals surface area contributed by atoms with E-state index in [-0.39, 0.29) is 31.1 Å². The Morgan fingerprint density at radius 2 is 0.486 bits per heavy atom. The molecule has 0 aromatic carbocycles. The zero-order chi connectivity index (χ0) is 53.6. The third kappa shape index (κ3) is 60.5. The van der Waals surface area contributed by atoms with Crippen molar-refractivity contribution in [3.05, 3.63) is 36.5 Å². The molecule has 0 fully saturated rings. The Kier molecular flexibility index (Phi) is 61.1. The lowest BCUT2D eigenvalue weighted by atomic mass is 10.0. The van der Waals surface area contributed by atoms with Gasteiger partial charge in [0.15, 0.2) is 6.10 Å². The Hall–Kier alpha value is -2.37. The topological polar surface area (TPSA) is 78.9 Å². The maximum absolute atomic E-state index is 12.9. The summed E-state index contributed by atoms with van der Waals surface area (Å²) in [5, 5.41) is 0. The maximum Gasteiger partial charge on any atom is 0.306 e. The summed E-state index contributed by atoms with van der Waals surface area (Å²) in [7, 11) is 0. The Morgan fingerprint density at radius 1 is 0.270 bits per heavy atom. The van der Waals surface area contributed by atoms with E-state index in [1.54, 1.807) is 0 Å².